The lowest BCUT2D eigenvalue weighted by Gasteiger charge is -2.25. The average molecular weight is 363 g/mol. The molecule has 6 heteroatoms. The Kier molecular flexibility index (Phi) is 5.46. The van der Waals surface area contributed by atoms with Crippen molar-refractivity contribution in [2.75, 3.05) is 31.5 Å². The van der Waals surface area contributed by atoms with E-state index < -0.39 is 0 Å². The number of anilines is 1. The molecular formula is C21H25N5O. The molecule has 0 atom stereocenters. The minimum absolute atomic E-state index is 0.109. The number of hydrogen-bond donors (Lipinski definition) is 4. The van der Waals surface area contributed by atoms with E-state index in [0.29, 0.717) is 5.56 Å². The smallest absolute Gasteiger partial charge is 0.255 e. The second kappa shape index (κ2) is 8.33. The first-order valence-corrected chi connectivity index (χ1v) is 9.56. The van der Waals surface area contributed by atoms with Crippen LogP contribution in [0.2, 0.25) is 0 Å². The highest BCUT2D eigenvalue weighted by molar-refractivity contribution is 6.05. The van der Waals surface area contributed by atoms with Crippen LogP contribution in [-0.2, 0) is 0 Å². The fourth-order valence-corrected chi connectivity index (χ4v) is 3.36. The fourth-order valence-electron chi connectivity index (χ4n) is 3.36. The van der Waals surface area contributed by atoms with Crippen molar-refractivity contribution in [1.29, 1.82) is 0 Å². The molecule has 4 rings (SSSR count). The summed E-state index contributed by atoms with van der Waals surface area (Å²) in [4.78, 5) is 17.0. The molecular weight excluding hydrogens is 338 g/mol. The van der Waals surface area contributed by atoms with Crippen LogP contribution >= 0.6 is 0 Å². The van der Waals surface area contributed by atoms with Gasteiger partial charge in [-0.15, -0.1) is 0 Å². The van der Waals surface area contributed by atoms with E-state index in [2.05, 4.69) is 26.3 Å². The number of amidine groups is 1. The molecule has 0 saturated carbocycles. The number of amides is 1. The lowest BCUT2D eigenvalue weighted by atomic mass is 10.1. The van der Waals surface area contributed by atoms with Crippen molar-refractivity contribution in [2.24, 2.45) is 4.99 Å². The maximum absolute atomic E-state index is 12.5. The quantitative estimate of drug-likeness (QED) is 0.672. The molecule has 27 heavy (non-hydrogen) atoms. The molecule has 0 spiro atoms. The molecule has 0 aromatic heterocycles. The van der Waals surface area contributed by atoms with Crippen molar-refractivity contribution in [3.63, 3.8) is 0 Å². The third-order valence-corrected chi connectivity index (χ3v) is 4.87. The van der Waals surface area contributed by atoms with Crippen LogP contribution in [0.4, 0.5) is 5.69 Å². The van der Waals surface area contributed by atoms with Crippen molar-refractivity contribution in [1.82, 2.24) is 16.0 Å². The Hall–Kier alpha value is -2.70. The first kappa shape index (κ1) is 17.7. The third-order valence-electron chi connectivity index (χ3n) is 4.87. The minimum atomic E-state index is -0.109. The summed E-state index contributed by atoms with van der Waals surface area (Å²) >= 11 is 0. The molecule has 0 unspecified atom stereocenters. The van der Waals surface area contributed by atoms with Crippen LogP contribution in [0.5, 0.6) is 0 Å². The summed E-state index contributed by atoms with van der Waals surface area (Å²) in [6.07, 6.45) is 2.40. The summed E-state index contributed by atoms with van der Waals surface area (Å²) in [5, 5.41) is 13.1. The topological polar surface area (TPSA) is 77.6 Å². The van der Waals surface area contributed by atoms with Gasteiger partial charge in [0.05, 0.1) is 6.17 Å². The zero-order chi connectivity index (χ0) is 18.5. The molecule has 0 aliphatic carbocycles. The number of carbonyl (C=O) groups excluding carboxylic acids is 1. The number of carbonyl (C=O) groups is 1. The normalized spacial score (nSPS) is 17.7. The number of aliphatic imine (C=N–C) groups is 1. The lowest BCUT2D eigenvalue weighted by molar-refractivity contribution is 0.102. The number of hydrogen-bond acceptors (Lipinski definition) is 5. The van der Waals surface area contributed by atoms with E-state index >= 15 is 0 Å². The molecule has 2 aliphatic rings. The summed E-state index contributed by atoms with van der Waals surface area (Å²) in [6, 6.07) is 15.5. The van der Waals surface area contributed by atoms with Crippen LogP contribution < -0.4 is 21.3 Å². The first-order chi connectivity index (χ1) is 13.3. The summed E-state index contributed by atoms with van der Waals surface area (Å²) in [7, 11) is 0. The highest BCUT2D eigenvalue weighted by Crippen LogP contribution is 2.17. The number of benzene rings is 2. The predicted molar refractivity (Wildman–Crippen MR) is 108 cm³/mol. The Bertz CT molecular complexity index is 807. The summed E-state index contributed by atoms with van der Waals surface area (Å²) < 4.78 is 0. The van der Waals surface area contributed by atoms with Crippen LogP contribution in [-0.4, -0.2) is 37.9 Å². The summed E-state index contributed by atoms with van der Waals surface area (Å²) in [6.45, 7) is 3.84. The van der Waals surface area contributed by atoms with Crippen molar-refractivity contribution < 1.29 is 4.79 Å². The zero-order valence-corrected chi connectivity index (χ0v) is 15.3. The van der Waals surface area contributed by atoms with Gasteiger partial charge in [0.25, 0.3) is 5.91 Å². The number of nitrogens with one attached hydrogen (secondary N) is 4. The van der Waals surface area contributed by atoms with E-state index in [-0.39, 0.29) is 12.1 Å². The second-order valence-corrected chi connectivity index (χ2v) is 6.86. The van der Waals surface area contributed by atoms with Crippen LogP contribution in [0.3, 0.4) is 0 Å². The second-order valence-electron chi connectivity index (χ2n) is 6.86. The zero-order valence-electron chi connectivity index (χ0n) is 15.3. The van der Waals surface area contributed by atoms with Gasteiger partial charge in [-0.3, -0.25) is 20.4 Å². The van der Waals surface area contributed by atoms with E-state index in [1.165, 1.54) is 5.56 Å². The molecule has 0 bridgehead atoms. The standard InChI is InChI=1S/C21H25N5O/c27-21(17-5-3-15(4-6-17)19-22-11-1-12-23-19)26-18-9-7-16(8-10-18)20-24-13-2-14-25-20/h3-10,20,24-25H,1-2,11-14H2,(H,22,23)(H,26,27). The van der Waals surface area contributed by atoms with Gasteiger partial charge in [-0.2, -0.15) is 0 Å². The Morgan fingerprint density at radius 3 is 2.33 bits per heavy atom. The Balaban J connectivity index is 1.39. The summed E-state index contributed by atoms with van der Waals surface area (Å²) in [5.41, 5.74) is 3.62. The van der Waals surface area contributed by atoms with Gasteiger partial charge >= 0.3 is 0 Å². The third kappa shape index (κ3) is 4.35. The van der Waals surface area contributed by atoms with Crippen LogP contribution in [0.25, 0.3) is 0 Å². The highest BCUT2D eigenvalue weighted by atomic mass is 16.1. The maximum Gasteiger partial charge on any atom is 0.255 e. The molecule has 1 saturated heterocycles. The van der Waals surface area contributed by atoms with Gasteiger partial charge < -0.3 is 10.6 Å². The van der Waals surface area contributed by atoms with Crippen LogP contribution in [0.15, 0.2) is 53.5 Å². The van der Waals surface area contributed by atoms with Gasteiger partial charge in [-0.1, -0.05) is 24.3 Å². The molecule has 1 amide bonds. The van der Waals surface area contributed by atoms with Gasteiger partial charge in [0.2, 0.25) is 0 Å². The molecule has 0 radical (unpaired) electrons. The van der Waals surface area contributed by atoms with Gasteiger partial charge in [0.1, 0.15) is 5.84 Å². The predicted octanol–water partition coefficient (Wildman–Crippen LogP) is 2.26. The molecule has 4 N–H and O–H groups in total. The molecule has 2 aromatic rings. The van der Waals surface area contributed by atoms with Gasteiger partial charge in [-0.25, -0.2) is 0 Å². The van der Waals surface area contributed by atoms with Gasteiger partial charge in [0, 0.05) is 29.9 Å². The van der Waals surface area contributed by atoms with Crippen LogP contribution in [0, 0.1) is 0 Å². The minimum Gasteiger partial charge on any atom is -0.370 e. The fraction of sp³-hybridized carbons (Fsp3) is 0.333. The Morgan fingerprint density at radius 1 is 0.926 bits per heavy atom. The summed E-state index contributed by atoms with van der Waals surface area (Å²) in [5.74, 6) is 0.801. The lowest BCUT2D eigenvalue weighted by Crippen LogP contribution is -2.41. The van der Waals surface area contributed by atoms with Crippen molar-refractivity contribution >= 4 is 17.4 Å². The van der Waals surface area contributed by atoms with Crippen LogP contribution in [0.1, 0.15) is 40.5 Å². The molecule has 2 aromatic carbocycles. The Morgan fingerprint density at radius 2 is 1.67 bits per heavy atom. The molecule has 140 valence electrons. The SMILES string of the molecule is O=C(Nc1ccc(C2NCCCN2)cc1)c1ccc(C2=NCCCN2)cc1. The molecule has 2 aliphatic heterocycles. The maximum atomic E-state index is 12.5. The largest absolute Gasteiger partial charge is 0.370 e. The van der Waals surface area contributed by atoms with E-state index in [1.807, 2.05) is 48.5 Å². The number of nitrogens with zero attached hydrogens (tertiary/aromatic N) is 1. The monoisotopic (exact) mass is 363 g/mol. The van der Waals surface area contributed by atoms with Gasteiger partial charge in [-0.05, 0) is 55.8 Å². The van der Waals surface area contributed by atoms with E-state index in [1.54, 1.807) is 0 Å². The van der Waals surface area contributed by atoms with Gasteiger partial charge in [0.15, 0.2) is 0 Å². The van der Waals surface area contributed by atoms with Crippen molar-refractivity contribution in [2.45, 2.75) is 19.0 Å². The molecule has 1 fully saturated rings. The van der Waals surface area contributed by atoms with E-state index in [0.717, 1.165) is 56.1 Å². The molecule has 2 heterocycles. The first-order valence-electron chi connectivity index (χ1n) is 9.56. The number of rotatable bonds is 4. The van der Waals surface area contributed by atoms with Crippen molar-refractivity contribution in [3.8, 4) is 0 Å². The average Bonchev–Trinajstić information content (AvgIpc) is 2.76. The molecule has 6 nitrogen and oxygen atoms in total. The van der Waals surface area contributed by atoms with E-state index in [4.69, 9.17) is 0 Å². The van der Waals surface area contributed by atoms with Crippen molar-refractivity contribution in [3.05, 3.63) is 65.2 Å². The Labute approximate surface area is 159 Å². The highest BCUT2D eigenvalue weighted by Gasteiger charge is 2.14. The van der Waals surface area contributed by atoms with E-state index in [9.17, 15) is 4.79 Å².